The molecule has 0 aromatic heterocycles. The van der Waals surface area contributed by atoms with Crippen LogP contribution in [0.25, 0.3) is 0 Å². The summed E-state index contributed by atoms with van der Waals surface area (Å²) in [6, 6.07) is -2.42. The molecule has 348 valence electrons. The summed E-state index contributed by atoms with van der Waals surface area (Å²) in [6.45, 7) is -0.192. The first-order valence-electron chi connectivity index (χ1n) is 21.0. The van der Waals surface area contributed by atoms with E-state index in [-0.39, 0.29) is 51.1 Å². The molecule has 4 aliphatic rings. The fourth-order valence-corrected chi connectivity index (χ4v) is 7.78. The van der Waals surface area contributed by atoms with Crippen LogP contribution in [0.3, 0.4) is 0 Å². The van der Waals surface area contributed by atoms with Crippen LogP contribution in [-0.4, -0.2) is 177 Å². The Morgan fingerprint density at radius 3 is 1.67 bits per heavy atom. The Hall–Kier alpha value is -6.40. The molecule has 3 heterocycles. The minimum atomic E-state index is -1.47. The third-order valence-corrected chi connectivity index (χ3v) is 11.3. The molecule has 4 rings (SSSR count). The van der Waals surface area contributed by atoms with Crippen LogP contribution in [0.1, 0.15) is 58.8 Å². The molecule has 25 heteroatoms. The van der Waals surface area contributed by atoms with Crippen molar-refractivity contribution in [3.8, 4) is 0 Å². The highest BCUT2D eigenvalue weighted by Gasteiger charge is 2.53. The Balaban J connectivity index is 1.50. The average molecular weight is 891 g/mol. The van der Waals surface area contributed by atoms with Crippen molar-refractivity contribution in [2.75, 3.05) is 78.8 Å². The van der Waals surface area contributed by atoms with E-state index in [4.69, 9.17) is 4.74 Å². The molecular weight excluding hydrogens is 832 g/mol. The lowest BCUT2D eigenvalue weighted by atomic mass is 9.76. The first-order chi connectivity index (χ1) is 30.0. The minimum Gasteiger partial charge on any atom is -0.359 e. The van der Waals surface area contributed by atoms with Gasteiger partial charge in [-0.25, -0.2) is 0 Å². The van der Waals surface area contributed by atoms with Crippen LogP contribution in [0.2, 0.25) is 0 Å². The molecular formula is C38H58N12O13. The monoisotopic (exact) mass is 890 g/mol. The number of carbonyl (C=O) groups excluding carboxylic acids is 12. The van der Waals surface area contributed by atoms with Gasteiger partial charge < -0.3 is 67.7 Å². The highest BCUT2D eigenvalue weighted by molar-refractivity contribution is 5.99. The molecule has 0 aromatic rings. The predicted octanol–water partition coefficient (Wildman–Crippen LogP) is -6.69. The van der Waals surface area contributed by atoms with Gasteiger partial charge >= 0.3 is 0 Å². The van der Waals surface area contributed by atoms with Crippen molar-refractivity contribution in [2.24, 2.45) is 11.8 Å². The van der Waals surface area contributed by atoms with Crippen molar-refractivity contribution in [3.05, 3.63) is 0 Å². The van der Waals surface area contributed by atoms with Gasteiger partial charge in [0, 0.05) is 13.1 Å². The van der Waals surface area contributed by atoms with E-state index in [0.717, 1.165) is 0 Å². The molecule has 0 bridgehead atoms. The zero-order valence-electron chi connectivity index (χ0n) is 35.4. The van der Waals surface area contributed by atoms with E-state index in [0.29, 0.717) is 25.7 Å². The Morgan fingerprint density at radius 2 is 1.16 bits per heavy atom. The summed E-state index contributed by atoms with van der Waals surface area (Å²) >= 11 is 0. The van der Waals surface area contributed by atoms with Crippen molar-refractivity contribution in [1.29, 1.82) is 0 Å². The van der Waals surface area contributed by atoms with Gasteiger partial charge in [-0.2, -0.15) is 0 Å². The van der Waals surface area contributed by atoms with Crippen molar-refractivity contribution < 1.29 is 62.3 Å². The van der Waals surface area contributed by atoms with Gasteiger partial charge in [0.15, 0.2) is 0 Å². The Labute approximate surface area is 362 Å². The van der Waals surface area contributed by atoms with E-state index in [2.05, 4.69) is 53.2 Å². The second-order valence-corrected chi connectivity index (χ2v) is 15.7. The quantitative estimate of drug-likeness (QED) is 0.126. The second-order valence-electron chi connectivity index (χ2n) is 15.7. The lowest BCUT2D eigenvalue weighted by Gasteiger charge is -2.39. The number of amides is 12. The molecule has 0 aromatic carbocycles. The van der Waals surface area contributed by atoms with E-state index in [9.17, 15) is 57.5 Å². The maximum Gasteiger partial charge on any atom is 0.247 e. The summed E-state index contributed by atoms with van der Waals surface area (Å²) in [6.07, 6.45) is 2.19. The summed E-state index contributed by atoms with van der Waals surface area (Å²) in [5, 5.41) is 24.0. The summed E-state index contributed by atoms with van der Waals surface area (Å²) < 4.78 is 5.26. The van der Waals surface area contributed by atoms with E-state index >= 15 is 0 Å². The Bertz CT molecular complexity index is 1790. The van der Waals surface area contributed by atoms with Crippen LogP contribution in [0.5, 0.6) is 0 Å². The molecule has 1 saturated carbocycles. The number of rotatable bonds is 3. The largest absolute Gasteiger partial charge is 0.359 e. The summed E-state index contributed by atoms with van der Waals surface area (Å²) in [5.41, 5.74) is -1.47. The van der Waals surface area contributed by atoms with Crippen LogP contribution in [0, 0.1) is 11.8 Å². The van der Waals surface area contributed by atoms with Gasteiger partial charge in [0.05, 0.1) is 65.4 Å². The molecule has 3 saturated heterocycles. The van der Waals surface area contributed by atoms with Crippen molar-refractivity contribution in [2.45, 2.75) is 76.4 Å². The number of carbonyl (C=O) groups is 12. The zero-order valence-corrected chi connectivity index (χ0v) is 35.4. The van der Waals surface area contributed by atoms with E-state index in [1.54, 1.807) is 0 Å². The molecule has 5 atom stereocenters. The molecule has 1 aliphatic carbocycles. The second kappa shape index (κ2) is 23.7. The maximum atomic E-state index is 14.2. The fraction of sp³-hybridized carbons (Fsp3) is 0.684. The third-order valence-electron chi connectivity index (χ3n) is 11.3. The Morgan fingerprint density at radius 1 is 0.651 bits per heavy atom. The number of ether oxygens (including phenoxy) is 1. The van der Waals surface area contributed by atoms with Gasteiger partial charge in [-0.1, -0.05) is 26.7 Å². The minimum absolute atomic E-state index is 0.0448. The van der Waals surface area contributed by atoms with Gasteiger partial charge in [0.25, 0.3) is 0 Å². The topological polar surface area (TPSA) is 341 Å². The zero-order chi connectivity index (χ0) is 46.1. The normalized spacial score (nSPS) is 27.2. The highest BCUT2D eigenvalue weighted by atomic mass is 16.5. The SMILES string of the molecule is CC[C@H](C)C1CCCC12NC(=O)C1CCCN1C(=O)CNC(=O)CNC(=O)CNC(=O)CNC(=O)CNC(=O)CNC(=O)CNC(=O)CC(C(=O)N1CCOC1)NC(=O)CNC2=O. The number of fused-ring (bicyclic) bond motifs is 1. The third kappa shape index (κ3) is 14.6. The molecule has 0 radical (unpaired) electrons. The molecule has 12 amide bonds. The van der Waals surface area contributed by atoms with E-state index < -0.39 is 147 Å². The summed E-state index contributed by atoms with van der Waals surface area (Å²) in [4.78, 5) is 157. The fourth-order valence-electron chi connectivity index (χ4n) is 7.78. The predicted molar refractivity (Wildman–Crippen MR) is 216 cm³/mol. The number of nitrogens with zero attached hydrogens (tertiary/aromatic N) is 2. The van der Waals surface area contributed by atoms with E-state index in [1.165, 1.54) is 9.80 Å². The van der Waals surface area contributed by atoms with Gasteiger partial charge in [-0.15, -0.1) is 0 Å². The smallest absolute Gasteiger partial charge is 0.247 e. The molecule has 3 aliphatic heterocycles. The van der Waals surface area contributed by atoms with E-state index in [1.807, 2.05) is 13.8 Å². The maximum absolute atomic E-state index is 14.2. The van der Waals surface area contributed by atoms with Crippen LogP contribution < -0.4 is 53.2 Å². The molecule has 4 fully saturated rings. The lowest BCUT2D eigenvalue weighted by molar-refractivity contribution is -0.143. The molecule has 1 spiro atoms. The van der Waals surface area contributed by atoms with Crippen LogP contribution in [0.15, 0.2) is 0 Å². The summed E-state index contributed by atoms with van der Waals surface area (Å²) in [7, 11) is 0. The molecule has 10 N–H and O–H groups in total. The van der Waals surface area contributed by atoms with Crippen molar-refractivity contribution in [3.63, 3.8) is 0 Å². The van der Waals surface area contributed by atoms with Crippen molar-refractivity contribution in [1.82, 2.24) is 63.0 Å². The Kier molecular flexibility index (Phi) is 18.5. The van der Waals surface area contributed by atoms with Crippen molar-refractivity contribution >= 4 is 70.9 Å². The van der Waals surface area contributed by atoms with Gasteiger partial charge in [-0.05, 0) is 37.5 Å². The first-order valence-corrected chi connectivity index (χ1v) is 21.0. The van der Waals surface area contributed by atoms with Crippen LogP contribution >= 0.6 is 0 Å². The van der Waals surface area contributed by atoms with Gasteiger partial charge in [-0.3, -0.25) is 57.5 Å². The van der Waals surface area contributed by atoms with Gasteiger partial charge in [0.2, 0.25) is 70.9 Å². The lowest BCUT2D eigenvalue weighted by Crippen LogP contribution is -2.65. The van der Waals surface area contributed by atoms with Crippen LogP contribution in [-0.2, 0) is 62.3 Å². The standard InChI is InChI=1S/C38H58N12O13/c1-3-22(2)23-6-4-8-38(23)37(62)46-19-33(58)47-24(36(61)49-10-11-63-21-49)12-26(51)39-13-27(52)40-14-28(53)41-15-29(54)42-16-30(55)43-17-31(56)44-18-32(57)45-20-34(59)50-9-5-7-25(50)35(60)48-38/h22-25H,3-21H2,1-2H3,(H,39,51)(H,40,52)(H,41,53)(H,42,54)(H,43,55)(H,44,56)(H,45,57)(H,46,62)(H,47,58)(H,48,60)/t22-,23?,24?,25?,38?/m0/s1. The van der Waals surface area contributed by atoms with Gasteiger partial charge in [0.1, 0.15) is 24.4 Å². The molecule has 4 unspecified atom stereocenters. The number of hydrogen-bond acceptors (Lipinski definition) is 13. The van der Waals surface area contributed by atoms with Crippen LogP contribution in [0.4, 0.5) is 0 Å². The number of nitrogens with one attached hydrogen (secondary N) is 10. The molecule has 63 heavy (non-hydrogen) atoms. The highest BCUT2D eigenvalue weighted by Crippen LogP contribution is 2.42. The first kappa shape index (κ1) is 49.3. The summed E-state index contributed by atoms with van der Waals surface area (Å²) in [5.74, 6) is -9.16. The number of hydrogen-bond donors (Lipinski definition) is 10. The molecule has 25 nitrogen and oxygen atoms in total. The average Bonchev–Trinajstić information content (AvgIpc) is 4.07.